The van der Waals surface area contributed by atoms with Crippen LogP contribution in [0.1, 0.15) is 116 Å². The van der Waals surface area contributed by atoms with Crippen LogP contribution < -0.4 is 0 Å². The van der Waals surface area contributed by atoms with Crippen LogP contribution in [-0.2, 0) is 42.7 Å². The zero-order chi connectivity index (χ0) is 48.7. The van der Waals surface area contributed by atoms with Crippen molar-refractivity contribution >= 4 is 11.0 Å². The maximum atomic E-state index is 12.5. The minimum atomic E-state index is -0.365. The summed E-state index contributed by atoms with van der Waals surface area (Å²) in [5.74, 6) is 0.833. The first-order valence-corrected chi connectivity index (χ1v) is 22.0. The van der Waals surface area contributed by atoms with Crippen LogP contribution in [0.3, 0.4) is 0 Å². The third-order valence-corrected chi connectivity index (χ3v) is 12.0. The molecule has 8 aromatic rings. The largest absolute Gasteiger partial charge is 0.507 e. The predicted molar refractivity (Wildman–Crippen MR) is 266 cm³/mol. The van der Waals surface area contributed by atoms with Crippen LogP contribution in [-0.4, -0.2) is 19.6 Å². The molecule has 4 nitrogen and oxygen atoms in total. The summed E-state index contributed by atoms with van der Waals surface area (Å²) >= 11 is 0. The first-order valence-electron chi connectivity index (χ1n) is 24.0. The number of para-hydroxylation sites is 1. The van der Waals surface area contributed by atoms with E-state index < -0.39 is 0 Å². The molecule has 0 amide bonds. The number of fused-ring (bicyclic) bond motifs is 1. The van der Waals surface area contributed by atoms with Gasteiger partial charge < -0.3 is 5.11 Å². The summed E-state index contributed by atoms with van der Waals surface area (Å²) in [6.07, 6.45) is 1.65. The standard InChI is InChI=1S/C59H62N3O.Pt/c1-37-22-24-39(25-23-37)40-26-27-60-51(33-40)43-28-42(30-44(31-43)56(2,3)4)48-20-17-21-52-53(48)61-55(49-35-46(58(8,9)10)36-50(54(49)63)59(11,12)13)62(52)47-32-41(38-18-15-14-16-19-38)29-45(34-47)57(5,6)7;/h14-27,29-36,63H,1-13H3;/q-1;/i22D,23D,24D,25D;. The summed E-state index contributed by atoms with van der Waals surface area (Å²) < 4.78 is 36.9. The number of aromatic hydroxyl groups is 1. The van der Waals surface area contributed by atoms with E-state index in [0.717, 1.165) is 61.2 Å². The van der Waals surface area contributed by atoms with Crippen molar-refractivity contribution in [2.75, 3.05) is 0 Å². The van der Waals surface area contributed by atoms with Crippen molar-refractivity contribution in [2.24, 2.45) is 0 Å². The van der Waals surface area contributed by atoms with Crippen LogP contribution in [0, 0.1) is 13.0 Å². The van der Waals surface area contributed by atoms with Gasteiger partial charge in [0.1, 0.15) is 11.6 Å². The smallest absolute Gasteiger partial charge is 0.148 e. The molecule has 2 aromatic heterocycles. The Morgan fingerprint density at radius 3 is 1.83 bits per heavy atom. The van der Waals surface area contributed by atoms with Crippen molar-refractivity contribution in [1.29, 1.82) is 0 Å². The Bertz CT molecular complexity index is 3210. The van der Waals surface area contributed by atoms with E-state index in [-0.39, 0.29) is 78.2 Å². The number of hydrogen-bond acceptors (Lipinski definition) is 3. The molecule has 0 spiro atoms. The Morgan fingerprint density at radius 1 is 0.562 bits per heavy atom. The maximum absolute atomic E-state index is 12.5. The number of aromatic nitrogens is 3. The van der Waals surface area contributed by atoms with Gasteiger partial charge >= 0.3 is 0 Å². The Balaban J connectivity index is 0.00000684. The van der Waals surface area contributed by atoms with Crippen molar-refractivity contribution < 1.29 is 31.7 Å². The van der Waals surface area contributed by atoms with E-state index >= 15 is 0 Å². The van der Waals surface area contributed by atoms with Gasteiger partial charge in [0.15, 0.2) is 0 Å². The maximum Gasteiger partial charge on any atom is 0.148 e. The van der Waals surface area contributed by atoms with Crippen LogP contribution in [0.4, 0.5) is 0 Å². The molecule has 5 heteroatoms. The third kappa shape index (κ3) is 9.31. The Hall–Kier alpha value is -5.57. The van der Waals surface area contributed by atoms with E-state index in [9.17, 15) is 5.11 Å². The number of imidazole rings is 1. The summed E-state index contributed by atoms with van der Waals surface area (Å²) in [6, 6.07) is 39.0. The van der Waals surface area contributed by atoms with Gasteiger partial charge in [-0.15, -0.1) is 29.3 Å². The van der Waals surface area contributed by atoms with E-state index in [2.05, 4.69) is 179 Å². The van der Waals surface area contributed by atoms with Crippen molar-refractivity contribution in [3.05, 3.63) is 167 Å². The predicted octanol–water partition coefficient (Wildman–Crippen LogP) is 15.8. The molecule has 64 heavy (non-hydrogen) atoms. The molecule has 0 fully saturated rings. The molecule has 0 aliphatic carbocycles. The summed E-state index contributed by atoms with van der Waals surface area (Å²) in [7, 11) is 0. The van der Waals surface area contributed by atoms with Gasteiger partial charge in [0, 0.05) is 44.2 Å². The van der Waals surface area contributed by atoms with Gasteiger partial charge in [-0.25, -0.2) is 4.98 Å². The fourth-order valence-electron chi connectivity index (χ4n) is 8.08. The van der Waals surface area contributed by atoms with Crippen molar-refractivity contribution in [2.45, 2.75) is 112 Å². The molecule has 1 N–H and O–H groups in total. The molecule has 0 aliphatic heterocycles. The Morgan fingerprint density at radius 2 is 1.19 bits per heavy atom. The summed E-state index contributed by atoms with van der Waals surface area (Å²) in [4.78, 5) is 10.4. The molecule has 0 atom stereocenters. The number of phenols is 1. The Labute approximate surface area is 401 Å². The number of rotatable bonds is 6. The summed E-state index contributed by atoms with van der Waals surface area (Å²) in [5.41, 5.74) is 12.6. The molecule has 6 aromatic carbocycles. The second kappa shape index (κ2) is 17.1. The normalized spacial score (nSPS) is 13.3. The molecule has 2 heterocycles. The third-order valence-electron chi connectivity index (χ3n) is 12.0. The van der Waals surface area contributed by atoms with Gasteiger partial charge in [-0.3, -0.25) is 9.55 Å². The number of benzene rings is 6. The topological polar surface area (TPSA) is 50.9 Å². The van der Waals surface area contributed by atoms with Crippen LogP contribution in [0.2, 0.25) is 0 Å². The van der Waals surface area contributed by atoms with Gasteiger partial charge in [0.05, 0.1) is 22.1 Å². The van der Waals surface area contributed by atoms with Gasteiger partial charge in [0.25, 0.3) is 0 Å². The number of phenolic OH excluding ortho intramolecular Hbond substituents is 1. The quantitative estimate of drug-likeness (QED) is 0.169. The van der Waals surface area contributed by atoms with E-state index in [4.69, 9.17) is 15.5 Å². The van der Waals surface area contributed by atoms with Crippen molar-refractivity contribution in [1.82, 2.24) is 14.5 Å². The van der Waals surface area contributed by atoms with E-state index in [0.29, 0.717) is 28.2 Å². The van der Waals surface area contributed by atoms with E-state index in [1.165, 1.54) is 5.56 Å². The zero-order valence-electron chi connectivity index (χ0n) is 43.5. The van der Waals surface area contributed by atoms with E-state index in [1.807, 2.05) is 12.1 Å². The first kappa shape index (κ1) is 41.2. The Kier molecular flexibility index (Phi) is 11.0. The van der Waals surface area contributed by atoms with Gasteiger partial charge in [0.2, 0.25) is 0 Å². The molecule has 0 saturated carbocycles. The van der Waals surface area contributed by atoms with Crippen LogP contribution >= 0.6 is 0 Å². The second-order valence-corrected chi connectivity index (χ2v) is 21.1. The molecule has 330 valence electrons. The molecule has 0 radical (unpaired) electrons. The molecule has 0 saturated heterocycles. The molecule has 8 rings (SSSR count). The van der Waals surface area contributed by atoms with Gasteiger partial charge in [-0.1, -0.05) is 185 Å². The molecular weight excluding hydrogens is 962 g/mol. The van der Waals surface area contributed by atoms with Crippen molar-refractivity contribution in [3.63, 3.8) is 0 Å². The fraction of sp³-hybridized carbons (Fsp3) is 0.288. The van der Waals surface area contributed by atoms with E-state index in [1.54, 1.807) is 19.2 Å². The second-order valence-electron chi connectivity index (χ2n) is 21.1. The SMILES string of the molecule is [2H]c1c([2H])c(-c2ccnc(-c3[c-]c(-c4cccc5c4nc(-c4cc(C(C)(C)C)cc(C(C)(C)C)c4O)n5-c4cc(-c5ccccc5)cc(C(C)(C)C)c4)cc(C(C)(C)C)c3)c2)c([2H])c([2H])c1C.[Pt]. The minimum absolute atomic E-state index is 0. The fourth-order valence-corrected chi connectivity index (χ4v) is 8.08. The van der Waals surface area contributed by atoms with Crippen molar-refractivity contribution in [3.8, 4) is 67.5 Å². The van der Waals surface area contributed by atoms with Gasteiger partial charge in [-0.2, -0.15) is 0 Å². The summed E-state index contributed by atoms with van der Waals surface area (Å²) in [6.45, 7) is 27.9. The average molecular weight is 1030 g/mol. The number of pyridine rings is 1. The van der Waals surface area contributed by atoms with Crippen LogP contribution in [0.25, 0.3) is 72.7 Å². The number of nitrogens with zero attached hydrogens (tertiary/aromatic N) is 3. The first-order chi connectivity index (χ1) is 31.2. The van der Waals surface area contributed by atoms with Gasteiger partial charge in [-0.05, 0) is 92.3 Å². The minimum Gasteiger partial charge on any atom is -0.507 e. The number of hydrogen-bond donors (Lipinski definition) is 1. The molecule has 0 unspecified atom stereocenters. The summed E-state index contributed by atoms with van der Waals surface area (Å²) in [5, 5.41) is 12.5. The monoisotopic (exact) mass is 1030 g/mol. The van der Waals surface area contributed by atoms with Crippen LogP contribution in [0.5, 0.6) is 5.75 Å². The van der Waals surface area contributed by atoms with Crippen LogP contribution in [0.15, 0.2) is 133 Å². The molecule has 0 aliphatic rings. The molecular formula is C59H62N3OPt-. The zero-order valence-corrected chi connectivity index (χ0v) is 41.8. The molecule has 0 bridgehead atoms. The average Bonchev–Trinajstić information content (AvgIpc) is 3.66.